The van der Waals surface area contributed by atoms with Gasteiger partial charge in [-0.3, -0.25) is 0 Å². The second kappa shape index (κ2) is 4.84. The van der Waals surface area contributed by atoms with Crippen LogP contribution in [0.15, 0.2) is 16.7 Å². The van der Waals surface area contributed by atoms with Crippen LogP contribution in [0.5, 0.6) is 5.88 Å². The zero-order valence-electron chi connectivity index (χ0n) is 9.38. The fourth-order valence-corrected chi connectivity index (χ4v) is 1.48. The summed E-state index contributed by atoms with van der Waals surface area (Å²) in [5.74, 6) is 0.605. The molecule has 3 nitrogen and oxygen atoms in total. The molecule has 0 aliphatic rings. The topological polar surface area (TPSA) is 48.1 Å². The molecule has 1 aromatic heterocycles. The van der Waals surface area contributed by atoms with Crippen molar-refractivity contribution < 1.29 is 4.74 Å². The van der Waals surface area contributed by atoms with Crippen LogP contribution in [0.4, 0.5) is 5.69 Å². The zero-order valence-corrected chi connectivity index (χ0v) is 11.0. The van der Waals surface area contributed by atoms with E-state index in [1.54, 1.807) is 12.3 Å². The highest BCUT2D eigenvalue weighted by Crippen LogP contribution is 2.25. The number of nitrogens with two attached hydrogens (primary N) is 1. The van der Waals surface area contributed by atoms with E-state index in [1.807, 2.05) is 0 Å². The van der Waals surface area contributed by atoms with Crippen LogP contribution in [0, 0.1) is 5.41 Å². The second-order valence-electron chi connectivity index (χ2n) is 4.71. The third kappa shape index (κ3) is 4.51. The Balaban J connectivity index is 2.51. The van der Waals surface area contributed by atoms with Crippen LogP contribution in [-0.4, -0.2) is 11.6 Å². The van der Waals surface area contributed by atoms with E-state index >= 15 is 0 Å². The van der Waals surface area contributed by atoms with E-state index in [4.69, 9.17) is 10.5 Å². The first-order chi connectivity index (χ1) is 6.88. The molecule has 0 saturated carbocycles. The van der Waals surface area contributed by atoms with E-state index in [9.17, 15) is 0 Å². The number of aromatic nitrogens is 1. The molecule has 0 unspecified atom stereocenters. The lowest BCUT2D eigenvalue weighted by atomic mass is 9.93. The summed E-state index contributed by atoms with van der Waals surface area (Å²) >= 11 is 3.36. The lowest BCUT2D eigenvalue weighted by molar-refractivity contribution is 0.235. The van der Waals surface area contributed by atoms with Crippen molar-refractivity contribution in [2.75, 3.05) is 12.3 Å². The highest BCUT2D eigenvalue weighted by Gasteiger charge is 2.11. The van der Waals surface area contributed by atoms with Crippen molar-refractivity contribution >= 4 is 21.6 Å². The standard InChI is InChI=1S/C11H17BrN2O/c1-11(2,3)4-5-15-10-9(12)6-8(13)7-14-10/h6-7H,4-5,13H2,1-3H3. The number of pyridine rings is 1. The molecule has 0 aliphatic carbocycles. The Kier molecular flexibility index (Phi) is 3.97. The van der Waals surface area contributed by atoms with Crippen LogP contribution in [0.25, 0.3) is 0 Å². The lowest BCUT2D eigenvalue weighted by Gasteiger charge is -2.18. The molecule has 0 amide bonds. The predicted molar refractivity (Wildman–Crippen MR) is 65.9 cm³/mol. The first-order valence-electron chi connectivity index (χ1n) is 4.92. The van der Waals surface area contributed by atoms with Crippen molar-refractivity contribution in [2.24, 2.45) is 5.41 Å². The molecule has 1 rings (SSSR count). The average Bonchev–Trinajstić information content (AvgIpc) is 2.07. The minimum atomic E-state index is 0.278. The van der Waals surface area contributed by atoms with Gasteiger partial charge in [0.15, 0.2) is 0 Å². The first-order valence-corrected chi connectivity index (χ1v) is 5.71. The maximum Gasteiger partial charge on any atom is 0.228 e. The third-order valence-corrected chi connectivity index (χ3v) is 2.49. The zero-order chi connectivity index (χ0) is 11.5. The smallest absolute Gasteiger partial charge is 0.228 e. The maximum atomic E-state index is 5.58. The van der Waals surface area contributed by atoms with Gasteiger partial charge in [-0.05, 0) is 33.8 Å². The highest BCUT2D eigenvalue weighted by atomic mass is 79.9. The summed E-state index contributed by atoms with van der Waals surface area (Å²) in [6.45, 7) is 7.21. The Bertz CT molecular complexity index is 334. The average molecular weight is 273 g/mol. The van der Waals surface area contributed by atoms with E-state index in [2.05, 4.69) is 41.7 Å². The molecule has 0 saturated heterocycles. The fourth-order valence-electron chi connectivity index (χ4n) is 1.00. The van der Waals surface area contributed by atoms with Gasteiger partial charge in [0, 0.05) is 0 Å². The molecule has 2 N–H and O–H groups in total. The number of nitrogens with zero attached hydrogens (tertiary/aromatic N) is 1. The maximum absolute atomic E-state index is 5.58. The van der Waals surface area contributed by atoms with Crippen molar-refractivity contribution in [3.63, 3.8) is 0 Å². The van der Waals surface area contributed by atoms with E-state index in [0.717, 1.165) is 10.9 Å². The Morgan fingerprint density at radius 3 is 2.67 bits per heavy atom. The molecule has 4 heteroatoms. The predicted octanol–water partition coefficient (Wildman–Crippen LogP) is 3.24. The lowest BCUT2D eigenvalue weighted by Crippen LogP contribution is -2.11. The molecule has 1 heterocycles. The summed E-state index contributed by atoms with van der Waals surface area (Å²) < 4.78 is 6.36. The molecule has 0 bridgehead atoms. The summed E-state index contributed by atoms with van der Waals surface area (Å²) in [6, 6.07) is 1.79. The fraction of sp³-hybridized carbons (Fsp3) is 0.545. The van der Waals surface area contributed by atoms with Gasteiger partial charge in [-0.15, -0.1) is 0 Å². The molecule has 1 aromatic rings. The van der Waals surface area contributed by atoms with Gasteiger partial charge in [0.25, 0.3) is 0 Å². The van der Waals surface area contributed by atoms with Gasteiger partial charge < -0.3 is 10.5 Å². The quantitative estimate of drug-likeness (QED) is 0.919. The summed E-state index contributed by atoms with van der Waals surface area (Å²) in [5, 5.41) is 0. The van der Waals surface area contributed by atoms with Crippen molar-refractivity contribution in [2.45, 2.75) is 27.2 Å². The molecular weight excluding hydrogens is 256 g/mol. The van der Waals surface area contributed by atoms with Gasteiger partial charge in [0.2, 0.25) is 5.88 Å². The number of halogens is 1. The summed E-state index contributed by atoms with van der Waals surface area (Å²) in [4.78, 5) is 4.10. The Morgan fingerprint density at radius 1 is 1.47 bits per heavy atom. The van der Waals surface area contributed by atoms with E-state index < -0.39 is 0 Å². The van der Waals surface area contributed by atoms with Crippen LogP contribution in [0.1, 0.15) is 27.2 Å². The molecule has 0 aliphatic heterocycles. The molecular formula is C11H17BrN2O. The number of nitrogen functional groups attached to an aromatic ring is 1. The third-order valence-electron chi connectivity index (χ3n) is 1.92. The molecule has 0 atom stereocenters. The minimum Gasteiger partial charge on any atom is -0.477 e. The van der Waals surface area contributed by atoms with Crippen LogP contribution in [-0.2, 0) is 0 Å². The minimum absolute atomic E-state index is 0.278. The Hall–Kier alpha value is -0.770. The van der Waals surface area contributed by atoms with E-state index in [0.29, 0.717) is 18.2 Å². The van der Waals surface area contributed by atoms with Gasteiger partial charge in [0.05, 0.1) is 23.0 Å². The van der Waals surface area contributed by atoms with Crippen molar-refractivity contribution in [1.29, 1.82) is 0 Å². The van der Waals surface area contributed by atoms with Gasteiger partial charge in [-0.2, -0.15) is 0 Å². The summed E-state index contributed by atoms with van der Waals surface area (Å²) in [6.07, 6.45) is 2.59. The van der Waals surface area contributed by atoms with Gasteiger partial charge in [-0.25, -0.2) is 4.98 Å². The molecule has 0 aromatic carbocycles. The van der Waals surface area contributed by atoms with Crippen LogP contribution >= 0.6 is 15.9 Å². The normalized spacial score (nSPS) is 11.5. The summed E-state index contributed by atoms with van der Waals surface area (Å²) in [7, 11) is 0. The van der Waals surface area contributed by atoms with Gasteiger partial charge in [0.1, 0.15) is 0 Å². The SMILES string of the molecule is CC(C)(C)CCOc1ncc(N)cc1Br. The van der Waals surface area contributed by atoms with Crippen molar-refractivity contribution in [3.8, 4) is 5.88 Å². The Labute approximate surface area is 99.2 Å². The van der Waals surface area contributed by atoms with E-state index in [1.165, 1.54) is 0 Å². The molecule has 0 fully saturated rings. The van der Waals surface area contributed by atoms with Gasteiger partial charge >= 0.3 is 0 Å². The number of ether oxygens (including phenoxy) is 1. The Morgan fingerprint density at radius 2 is 2.13 bits per heavy atom. The monoisotopic (exact) mass is 272 g/mol. The molecule has 0 radical (unpaired) electrons. The van der Waals surface area contributed by atoms with Crippen LogP contribution in [0.2, 0.25) is 0 Å². The number of anilines is 1. The molecule has 84 valence electrons. The van der Waals surface area contributed by atoms with Gasteiger partial charge in [-0.1, -0.05) is 20.8 Å². The highest BCUT2D eigenvalue weighted by molar-refractivity contribution is 9.10. The number of hydrogen-bond acceptors (Lipinski definition) is 3. The number of hydrogen-bond donors (Lipinski definition) is 1. The number of rotatable bonds is 3. The largest absolute Gasteiger partial charge is 0.477 e. The summed E-state index contributed by atoms with van der Waals surface area (Å²) in [5.41, 5.74) is 6.49. The van der Waals surface area contributed by atoms with E-state index in [-0.39, 0.29) is 5.41 Å². The van der Waals surface area contributed by atoms with Crippen molar-refractivity contribution in [1.82, 2.24) is 4.98 Å². The van der Waals surface area contributed by atoms with Crippen molar-refractivity contribution in [3.05, 3.63) is 16.7 Å². The van der Waals surface area contributed by atoms with Crippen LogP contribution < -0.4 is 10.5 Å². The second-order valence-corrected chi connectivity index (χ2v) is 5.57. The van der Waals surface area contributed by atoms with Crippen LogP contribution in [0.3, 0.4) is 0 Å². The molecule has 15 heavy (non-hydrogen) atoms. The molecule has 0 spiro atoms. The first kappa shape index (κ1) is 12.3.